The molecule has 0 spiro atoms. The molecule has 1 heterocycles. The Balaban J connectivity index is 2.92. The van der Waals surface area contributed by atoms with Gasteiger partial charge in [0.2, 0.25) is 5.70 Å². The summed E-state index contributed by atoms with van der Waals surface area (Å²) in [6, 6.07) is 2.58. The minimum Gasteiger partial charge on any atom is -0.259 e. The van der Waals surface area contributed by atoms with Gasteiger partial charge in [0.1, 0.15) is 5.82 Å². The van der Waals surface area contributed by atoms with Crippen molar-refractivity contribution in [3.63, 3.8) is 0 Å². The number of aromatic nitrogens is 1. The van der Waals surface area contributed by atoms with Gasteiger partial charge in [0.25, 0.3) is 0 Å². The quantitative estimate of drug-likeness (QED) is 0.518. The number of nitro groups is 1. The Morgan fingerprint density at radius 1 is 1.69 bits per heavy atom. The Bertz CT molecular complexity index is 346. The summed E-state index contributed by atoms with van der Waals surface area (Å²) < 4.78 is 12.4. The van der Waals surface area contributed by atoms with Crippen LogP contribution < -0.4 is 0 Å². The highest BCUT2D eigenvalue weighted by Gasteiger charge is 2.02. The summed E-state index contributed by atoms with van der Waals surface area (Å²) in [5.41, 5.74) is 0.342. The molecule has 0 unspecified atom stereocenters. The molecule has 0 fully saturated rings. The number of hydrogen-bond acceptors (Lipinski definition) is 3. The summed E-state index contributed by atoms with van der Waals surface area (Å²) in [6.45, 7) is 1.35. The van der Waals surface area contributed by atoms with Crippen molar-refractivity contribution in [3.05, 3.63) is 45.7 Å². The third kappa shape index (κ3) is 2.62. The molecule has 0 bridgehead atoms. The van der Waals surface area contributed by atoms with E-state index < -0.39 is 10.7 Å². The van der Waals surface area contributed by atoms with E-state index in [1.165, 1.54) is 25.1 Å². The molecule has 0 aromatic carbocycles. The zero-order valence-corrected chi connectivity index (χ0v) is 6.90. The normalized spacial score (nSPS) is 11.4. The molecule has 1 aromatic heterocycles. The number of rotatable bonds is 2. The molecule has 5 heteroatoms. The van der Waals surface area contributed by atoms with Gasteiger partial charge in [-0.25, -0.2) is 4.39 Å². The first-order chi connectivity index (χ1) is 6.09. The standard InChI is InChI=1S/C8H7FN2O2/c1-6(11(12)13)4-8-3-2-7(9)5-10-8/h2-5H,1H3/b6-4+. The van der Waals surface area contributed by atoms with E-state index in [9.17, 15) is 14.5 Å². The van der Waals surface area contributed by atoms with Crippen molar-refractivity contribution in [2.24, 2.45) is 0 Å². The predicted molar refractivity (Wildman–Crippen MR) is 44.8 cm³/mol. The lowest BCUT2D eigenvalue weighted by atomic mass is 10.3. The highest BCUT2D eigenvalue weighted by Crippen LogP contribution is 2.04. The molecule has 1 aromatic rings. The summed E-state index contributed by atoms with van der Waals surface area (Å²) in [5.74, 6) is -0.462. The van der Waals surface area contributed by atoms with E-state index >= 15 is 0 Å². The van der Waals surface area contributed by atoms with Crippen molar-refractivity contribution in [3.8, 4) is 0 Å². The smallest absolute Gasteiger partial charge is 0.245 e. The summed E-state index contributed by atoms with van der Waals surface area (Å²) in [4.78, 5) is 13.3. The number of nitrogens with zero attached hydrogens (tertiary/aromatic N) is 2. The second-order valence-electron chi connectivity index (χ2n) is 2.44. The lowest BCUT2D eigenvalue weighted by Crippen LogP contribution is -1.93. The van der Waals surface area contributed by atoms with Crippen LogP contribution in [0.4, 0.5) is 4.39 Å². The largest absolute Gasteiger partial charge is 0.259 e. The van der Waals surface area contributed by atoms with Crippen LogP contribution in [0.1, 0.15) is 12.6 Å². The monoisotopic (exact) mass is 182 g/mol. The third-order valence-electron chi connectivity index (χ3n) is 1.40. The molecule has 0 atom stereocenters. The third-order valence-corrected chi connectivity index (χ3v) is 1.40. The Morgan fingerprint density at radius 2 is 2.38 bits per heavy atom. The van der Waals surface area contributed by atoms with E-state index in [1.54, 1.807) is 0 Å². The topological polar surface area (TPSA) is 56.0 Å². The fraction of sp³-hybridized carbons (Fsp3) is 0.125. The molecule has 68 valence electrons. The van der Waals surface area contributed by atoms with Gasteiger partial charge in [-0.05, 0) is 12.1 Å². The van der Waals surface area contributed by atoms with E-state index in [0.717, 1.165) is 6.20 Å². The van der Waals surface area contributed by atoms with Crippen molar-refractivity contribution in [2.75, 3.05) is 0 Å². The first-order valence-corrected chi connectivity index (χ1v) is 3.54. The fourth-order valence-corrected chi connectivity index (χ4v) is 0.739. The number of pyridine rings is 1. The van der Waals surface area contributed by atoms with E-state index in [4.69, 9.17) is 0 Å². The summed E-state index contributed by atoms with van der Waals surface area (Å²) in [7, 11) is 0. The average Bonchev–Trinajstić information content (AvgIpc) is 2.08. The van der Waals surface area contributed by atoms with Crippen LogP contribution in [0.15, 0.2) is 24.0 Å². The van der Waals surface area contributed by atoms with Gasteiger partial charge in [0.05, 0.1) is 16.8 Å². The van der Waals surface area contributed by atoms with Crippen molar-refractivity contribution >= 4 is 6.08 Å². The van der Waals surface area contributed by atoms with Crippen molar-refractivity contribution in [2.45, 2.75) is 6.92 Å². The van der Waals surface area contributed by atoms with Crippen LogP contribution in [0.25, 0.3) is 6.08 Å². The summed E-state index contributed by atoms with van der Waals surface area (Å²) in [5, 5.41) is 10.2. The van der Waals surface area contributed by atoms with Crippen LogP contribution in [0.5, 0.6) is 0 Å². The van der Waals surface area contributed by atoms with Crippen molar-refractivity contribution in [1.29, 1.82) is 0 Å². The van der Waals surface area contributed by atoms with Crippen LogP contribution >= 0.6 is 0 Å². The Hall–Kier alpha value is -1.78. The molecule has 0 saturated carbocycles. The number of allylic oxidation sites excluding steroid dienone is 1. The van der Waals surface area contributed by atoms with Gasteiger partial charge in [-0.3, -0.25) is 15.1 Å². The van der Waals surface area contributed by atoms with Crippen LogP contribution in [0, 0.1) is 15.9 Å². The maximum atomic E-state index is 12.4. The highest BCUT2D eigenvalue weighted by atomic mass is 19.1. The first kappa shape index (κ1) is 9.31. The Morgan fingerprint density at radius 3 is 2.85 bits per heavy atom. The van der Waals surface area contributed by atoms with Crippen molar-refractivity contribution < 1.29 is 9.31 Å². The SMILES string of the molecule is C/C(=C\c1ccc(F)cn1)[N+](=O)[O-]. The molecule has 0 amide bonds. The molecule has 0 radical (unpaired) electrons. The fourth-order valence-electron chi connectivity index (χ4n) is 0.739. The molecular weight excluding hydrogens is 175 g/mol. The van der Waals surface area contributed by atoms with E-state index in [2.05, 4.69) is 4.98 Å². The van der Waals surface area contributed by atoms with E-state index in [0.29, 0.717) is 5.69 Å². The summed E-state index contributed by atoms with van der Waals surface area (Å²) in [6.07, 6.45) is 2.29. The maximum absolute atomic E-state index is 12.4. The molecule has 0 aliphatic rings. The average molecular weight is 182 g/mol. The van der Waals surface area contributed by atoms with Crippen molar-refractivity contribution in [1.82, 2.24) is 4.98 Å². The molecule has 13 heavy (non-hydrogen) atoms. The predicted octanol–water partition coefficient (Wildman–Crippen LogP) is 1.86. The number of halogens is 1. The molecule has 0 aliphatic carbocycles. The van der Waals surface area contributed by atoms with Gasteiger partial charge < -0.3 is 0 Å². The second kappa shape index (κ2) is 3.75. The Labute approximate surface area is 73.9 Å². The molecular formula is C8H7FN2O2. The molecule has 1 rings (SSSR count). The second-order valence-corrected chi connectivity index (χ2v) is 2.44. The minimum atomic E-state index is -0.523. The van der Waals surface area contributed by atoms with Crippen LogP contribution in [-0.2, 0) is 0 Å². The zero-order valence-electron chi connectivity index (χ0n) is 6.90. The van der Waals surface area contributed by atoms with Gasteiger partial charge in [0, 0.05) is 13.0 Å². The van der Waals surface area contributed by atoms with Crippen LogP contribution in [0.2, 0.25) is 0 Å². The first-order valence-electron chi connectivity index (χ1n) is 3.54. The Kier molecular flexibility index (Phi) is 2.69. The van der Waals surface area contributed by atoms with Gasteiger partial charge >= 0.3 is 0 Å². The lowest BCUT2D eigenvalue weighted by Gasteiger charge is -1.92. The molecule has 0 N–H and O–H groups in total. The molecule has 0 saturated heterocycles. The van der Waals surface area contributed by atoms with Gasteiger partial charge in [-0.2, -0.15) is 0 Å². The van der Waals surface area contributed by atoms with E-state index in [-0.39, 0.29) is 5.70 Å². The zero-order chi connectivity index (χ0) is 9.84. The lowest BCUT2D eigenvalue weighted by molar-refractivity contribution is -0.422. The van der Waals surface area contributed by atoms with Gasteiger partial charge in [0.15, 0.2) is 0 Å². The highest BCUT2D eigenvalue weighted by molar-refractivity contribution is 5.45. The van der Waals surface area contributed by atoms with Gasteiger partial charge in [-0.15, -0.1) is 0 Å². The summed E-state index contributed by atoms with van der Waals surface area (Å²) >= 11 is 0. The van der Waals surface area contributed by atoms with Crippen LogP contribution in [-0.4, -0.2) is 9.91 Å². The maximum Gasteiger partial charge on any atom is 0.245 e. The minimum absolute atomic E-state index is 0.0286. The number of hydrogen-bond donors (Lipinski definition) is 0. The molecule has 4 nitrogen and oxygen atoms in total. The van der Waals surface area contributed by atoms with E-state index in [1.807, 2.05) is 0 Å². The van der Waals surface area contributed by atoms with Gasteiger partial charge in [-0.1, -0.05) is 0 Å². The molecule has 0 aliphatic heterocycles. The van der Waals surface area contributed by atoms with Crippen LogP contribution in [0.3, 0.4) is 0 Å².